The average Bonchev–Trinajstić information content (AvgIpc) is 2.43. The van der Waals surface area contributed by atoms with Crippen LogP contribution in [-0.2, 0) is 4.74 Å². The van der Waals surface area contributed by atoms with E-state index in [0.717, 1.165) is 6.42 Å². The van der Waals surface area contributed by atoms with Gasteiger partial charge in [-0.2, -0.15) is 0 Å². The number of esters is 1. The van der Waals surface area contributed by atoms with E-state index in [9.17, 15) is 14.9 Å². The fraction of sp³-hybridized carbons (Fsp3) is 0.538. The van der Waals surface area contributed by atoms with Gasteiger partial charge in [-0.25, -0.2) is 9.78 Å². The van der Waals surface area contributed by atoms with Crippen molar-refractivity contribution in [3.8, 4) is 0 Å². The number of methoxy groups -OCH3 is 1. The predicted octanol–water partition coefficient (Wildman–Crippen LogP) is 2.62. The quantitative estimate of drug-likeness (QED) is 0.489. The number of carbonyl (C=O) groups is 1. The molecule has 0 aliphatic carbocycles. The van der Waals surface area contributed by atoms with Crippen LogP contribution in [0.2, 0.25) is 0 Å². The Labute approximate surface area is 117 Å². The number of nitrogens with one attached hydrogen (secondary N) is 1. The van der Waals surface area contributed by atoms with Crippen LogP contribution in [0.5, 0.6) is 0 Å². The van der Waals surface area contributed by atoms with Gasteiger partial charge in [-0.05, 0) is 17.9 Å². The van der Waals surface area contributed by atoms with Crippen molar-refractivity contribution >= 4 is 17.5 Å². The van der Waals surface area contributed by atoms with Crippen molar-refractivity contribution in [3.05, 3.63) is 27.9 Å². The topological polar surface area (TPSA) is 94.4 Å². The number of aromatic nitrogens is 1. The summed E-state index contributed by atoms with van der Waals surface area (Å²) in [5.41, 5.74) is -0.156. The van der Waals surface area contributed by atoms with Gasteiger partial charge >= 0.3 is 11.7 Å². The van der Waals surface area contributed by atoms with Gasteiger partial charge in [-0.1, -0.05) is 20.8 Å². The highest BCUT2D eigenvalue weighted by atomic mass is 16.6. The molecule has 110 valence electrons. The van der Waals surface area contributed by atoms with Crippen molar-refractivity contribution in [1.29, 1.82) is 0 Å². The summed E-state index contributed by atoms with van der Waals surface area (Å²) in [6, 6.07) is 2.53. The third-order valence-electron chi connectivity index (χ3n) is 3.16. The van der Waals surface area contributed by atoms with Crippen molar-refractivity contribution in [3.63, 3.8) is 0 Å². The summed E-state index contributed by atoms with van der Waals surface area (Å²) in [6.07, 6.45) is 0.907. The molecule has 0 unspecified atom stereocenters. The smallest absolute Gasteiger partial charge is 0.356 e. The van der Waals surface area contributed by atoms with Crippen molar-refractivity contribution in [2.24, 2.45) is 5.41 Å². The Hall–Kier alpha value is -2.18. The molecule has 0 saturated heterocycles. The van der Waals surface area contributed by atoms with Gasteiger partial charge < -0.3 is 10.1 Å². The maximum absolute atomic E-state index is 11.4. The molecule has 1 heterocycles. The van der Waals surface area contributed by atoms with Crippen LogP contribution in [0.1, 0.15) is 37.7 Å². The van der Waals surface area contributed by atoms with Crippen LogP contribution in [0.3, 0.4) is 0 Å². The minimum Gasteiger partial charge on any atom is -0.464 e. The third-order valence-corrected chi connectivity index (χ3v) is 3.16. The number of hydrogen-bond acceptors (Lipinski definition) is 6. The van der Waals surface area contributed by atoms with E-state index >= 15 is 0 Å². The Bertz CT molecular complexity index is 514. The van der Waals surface area contributed by atoms with Crippen molar-refractivity contribution in [2.45, 2.75) is 27.2 Å². The SMILES string of the molecule is CCC(C)(C)CNc1nc(C(=O)OC)ccc1[N+](=O)[O-]. The molecule has 0 saturated carbocycles. The second-order valence-electron chi connectivity index (χ2n) is 5.18. The van der Waals surface area contributed by atoms with E-state index in [2.05, 4.69) is 15.0 Å². The number of rotatable bonds is 6. The Morgan fingerprint density at radius 1 is 1.50 bits per heavy atom. The van der Waals surface area contributed by atoms with Crippen molar-refractivity contribution in [1.82, 2.24) is 4.98 Å². The Balaban J connectivity index is 3.06. The molecule has 20 heavy (non-hydrogen) atoms. The van der Waals surface area contributed by atoms with Crippen molar-refractivity contribution < 1.29 is 14.5 Å². The minimum atomic E-state index is -0.627. The average molecular weight is 281 g/mol. The molecular weight excluding hydrogens is 262 g/mol. The van der Waals surface area contributed by atoms with E-state index in [0.29, 0.717) is 6.54 Å². The number of anilines is 1. The summed E-state index contributed by atoms with van der Waals surface area (Å²) < 4.78 is 4.56. The highest BCUT2D eigenvalue weighted by Crippen LogP contribution is 2.25. The molecule has 0 aliphatic rings. The lowest BCUT2D eigenvalue weighted by atomic mass is 9.90. The zero-order chi connectivity index (χ0) is 15.3. The zero-order valence-corrected chi connectivity index (χ0v) is 12.1. The fourth-order valence-electron chi connectivity index (χ4n) is 1.40. The van der Waals surface area contributed by atoms with Gasteiger partial charge in [0.1, 0.15) is 0 Å². The molecule has 0 atom stereocenters. The first-order chi connectivity index (χ1) is 9.30. The fourth-order valence-corrected chi connectivity index (χ4v) is 1.40. The third kappa shape index (κ3) is 3.91. The maximum Gasteiger partial charge on any atom is 0.356 e. The van der Waals surface area contributed by atoms with Gasteiger partial charge in [0, 0.05) is 12.6 Å². The van der Waals surface area contributed by atoms with Gasteiger partial charge in [0.05, 0.1) is 12.0 Å². The van der Waals surface area contributed by atoms with Crippen LogP contribution in [-0.4, -0.2) is 29.5 Å². The van der Waals surface area contributed by atoms with Gasteiger partial charge in [0.2, 0.25) is 5.82 Å². The molecule has 0 fully saturated rings. The molecule has 0 amide bonds. The summed E-state index contributed by atoms with van der Waals surface area (Å²) in [4.78, 5) is 25.8. The molecular formula is C13H19N3O4. The van der Waals surface area contributed by atoms with Crippen LogP contribution in [0, 0.1) is 15.5 Å². The van der Waals surface area contributed by atoms with E-state index in [1.165, 1.54) is 19.2 Å². The number of carbonyl (C=O) groups excluding carboxylic acids is 1. The van der Waals surface area contributed by atoms with Crippen LogP contribution in [0.4, 0.5) is 11.5 Å². The molecule has 1 N–H and O–H groups in total. The molecule has 7 heteroatoms. The number of ether oxygens (including phenoxy) is 1. The Kier molecular flexibility index (Phi) is 5.01. The Morgan fingerprint density at radius 2 is 2.15 bits per heavy atom. The van der Waals surface area contributed by atoms with Crippen LogP contribution in [0.15, 0.2) is 12.1 Å². The molecule has 0 radical (unpaired) electrons. The van der Waals surface area contributed by atoms with Gasteiger partial charge in [0.15, 0.2) is 5.69 Å². The molecule has 1 aromatic heterocycles. The Morgan fingerprint density at radius 3 is 2.65 bits per heavy atom. The van der Waals surface area contributed by atoms with Gasteiger partial charge in [0.25, 0.3) is 0 Å². The number of pyridine rings is 1. The first-order valence-electron chi connectivity index (χ1n) is 6.28. The molecule has 0 bridgehead atoms. The monoisotopic (exact) mass is 281 g/mol. The van der Waals surface area contributed by atoms with Crippen molar-refractivity contribution in [2.75, 3.05) is 19.0 Å². The first kappa shape index (κ1) is 15.9. The second-order valence-corrected chi connectivity index (χ2v) is 5.18. The summed E-state index contributed by atoms with van der Waals surface area (Å²) in [5.74, 6) is -0.544. The van der Waals surface area contributed by atoms with Crippen LogP contribution in [0.25, 0.3) is 0 Å². The molecule has 0 spiro atoms. The molecule has 7 nitrogen and oxygen atoms in total. The normalized spacial score (nSPS) is 11.0. The lowest BCUT2D eigenvalue weighted by Gasteiger charge is -2.23. The van der Waals surface area contributed by atoms with E-state index < -0.39 is 10.9 Å². The van der Waals surface area contributed by atoms with E-state index in [-0.39, 0.29) is 22.6 Å². The number of nitrogens with zero attached hydrogens (tertiary/aromatic N) is 2. The summed E-state index contributed by atoms with van der Waals surface area (Å²) in [7, 11) is 1.23. The van der Waals surface area contributed by atoms with Gasteiger partial charge in [-0.3, -0.25) is 10.1 Å². The van der Waals surface area contributed by atoms with E-state index in [4.69, 9.17) is 0 Å². The molecule has 1 aromatic rings. The standard InChI is InChI=1S/C13H19N3O4/c1-5-13(2,3)8-14-11-10(16(18)19)7-6-9(15-11)12(17)20-4/h6-7H,5,8H2,1-4H3,(H,14,15). The first-order valence-corrected chi connectivity index (χ1v) is 6.28. The second kappa shape index (κ2) is 6.31. The highest BCUT2D eigenvalue weighted by molar-refractivity contribution is 5.88. The largest absolute Gasteiger partial charge is 0.464 e. The summed E-state index contributed by atoms with van der Waals surface area (Å²) in [5, 5.41) is 13.9. The lowest BCUT2D eigenvalue weighted by molar-refractivity contribution is -0.384. The van der Waals surface area contributed by atoms with Crippen LogP contribution < -0.4 is 5.32 Å². The highest BCUT2D eigenvalue weighted by Gasteiger charge is 2.21. The minimum absolute atomic E-state index is 0.0309. The number of hydrogen-bond donors (Lipinski definition) is 1. The number of nitro groups is 1. The molecule has 0 aliphatic heterocycles. The molecule has 1 rings (SSSR count). The zero-order valence-electron chi connectivity index (χ0n) is 12.1. The summed E-state index contributed by atoms with van der Waals surface area (Å²) >= 11 is 0. The molecule has 0 aromatic carbocycles. The lowest BCUT2D eigenvalue weighted by Crippen LogP contribution is -2.23. The van der Waals surface area contributed by atoms with Gasteiger partial charge in [-0.15, -0.1) is 0 Å². The summed E-state index contributed by atoms with van der Waals surface area (Å²) in [6.45, 7) is 6.63. The van der Waals surface area contributed by atoms with Crippen LogP contribution >= 0.6 is 0 Å². The van der Waals surface area contributed by atoms with E-state index in [1.807, 2.05) is 20.8 Å². The maximum atomic E-state index is 11.4. The van der Waals surface area contributed by atoms with E-state index in [1.54, 1.807) is 0 Å². The predicted molar refractivity (Wildman–Crippen MR) is 74.8 cm³/mol.